The van der Waals surface area contributed by atoms with Crippen LogP contribution in [0.2, 0.25) is 5.02 Å². The first-order valence-corrected chi connectivity index (χ1v) is 12.8. The number of benzene rings is 2. The van der Waals surface area contributed by atoms with Gasteiger partial charge in [-0.25, -0.2) is 13.5 Å². The van der Waals surface area contributed by atoms with Gasteiger partial charge in [0.25, 0.3) is 11.9 Å². The lowest BCUT2D eigenvalue weighted by molar-refractivity contribution is -0.659. The maximum atomic E-state index is 15.3. The van der Waals surface area contributed by atoms with E-state index < -0.39 is 11.9 Å². The van der Waals surface area contributed by atoms with Crippen LogP contribution in [0.3, 0.4) is 0 Å². The second kappa shape index (κ2) is 10.8. The molecular weight excluding hydrogens is 552 g/mol. The molecule has 0 aliphatic carbocycles. The van der Waals surface area contributed by atoms with Crippen molar-refractivity contribution in [3.63, 3.8) is 0 Å². The maximum absolute atomic E-state index is 15.3. The van der Waals surface area contributed by atoms with Crippen molar-refractivity contribution in [1.82, 2.24) is 40.1 Å². The topological polar surface area (TPSA) is 111 Å². The molecule has 13 heteroatoms. The Morgan fingerprint density at radius 2 is 1.78 bits per heavy atom. The van der Waals surface area contributed by atoms with Gasteiger partial charge >= 0.3 is 0 Å². The van der Waals surface area contributed by atoms with Gasteiger partial charge < -0.3 is 0 Å². The zero-order valence-electron chi connectivity index (χ0n) is 21.5. The van der Waals surface area contributed by atoms with Gasteiger partial charge in [0.1, 0.15) is 16.6 Å². The van der Waals surface area contributed by atoms with Gasteiger partial charge in [-0.3, -0.25) is 14.5 Å². The fourth-order valence-electron chi connectivity index (χ4n) is 4.52. The molecule has 0 saturated heterocycles. The standard InChI is InChI=1S/C28H20ClF2N9O/c1-38-26(41)11-19(13-34-38)20-14-35-39(15-20)25(10-17-2-5-21(30)6-3-17)23-8-4-18(12-32-23)27-24(40-16-33-36-37-40)9-7-22(29)28(27)31/h2-9,11-16,25H,10H2,1H3/p+1. The lowest BCUT2D eigenvalue weighted by Gasteiger charge is -2.18. The molecule has 0 radical (unpaired) electrons. The van der Waals surface area contributed by atoms with Crippen LogP contribution in [-0.4, -0.2) is 40.1 Å². The first-order chi connectivity index (χ1) is 19.9. The fraction of sp³-hybridized carbons (Fsp3) is 0.107. The molecule has 0 amide bonds. The number of nitrogens with zero attached hydrogens (tertiary/aromatic N) is 8. The lowest BCUT2D eigenvalue weighted by atomic mass is 10.0. The van der Waals surface area contributed by atoms with Crippen LogP contribution in [0.4, 0.5) is 8.78 Å². The van der Waals surface area contributed by atoms with Crippen LogP contribution in [0.15, 0.2) is 90.5 Å². The second-order valence-electron chi connectivity index (χ2n) is 9.29. The Labute approximate surface area is 236 Å². The number of pyridine rings is 1. The van der Waals surface area contributed by atoms with Gasteiger partial charge in [0, 0.05) is 48.6 Å². The minimum Gasteiger partial charge on any atom is -0.268 e. The summed E-state index contributed by atoms with van der Waals surface area (Å²) in [5.74, 6) is -0.944. The summed E-state index contributed by atoms with van der Waals surface area (Å²) in [6.07, 6.45) is 8.46. The van der Waals surface area contributed by atoms with Crippen LogP contribution in [0.5, 0.6) is 0 Å². The van der Waals surface area contributed by atoms with Gasteiger partial charge in [0.2, 0.25) is 0 Å². The molecule has 6 rings (SSSR count). The van der Waals surface area contributed by atoms with E-state index in [-0.39, 0.29) is 22.0 Å². The van der Waals surface area contributed by atoms with E-state index in [1.807, 2.05) is 0 Å². The van der Waals surface area contributed by atoms with Crippen molar-refractivity contribution in [2.45, 2.75) is 12.5 Å². The molecule has 10 nitrogen and oxygen atoms in total. The van der Waals surface area contributed by atoms with Crippen LogP contribution in [0, 0.1) is 11.6 Å². The Balaban J connectivity index is 1.40. The number of halogens is 3. The van der Waals surface area contributed by atoms with Crippen molar-refractivity contribution in [3.05, 3.63) is 124 Å². The van der Waals surface area contributed by atoms with Crippen LogP contribution < -0.4 is 10.2 Å². The smallest absolute Gasteiger partial charge is 0.268 e. The molecule has 4 heterocycles. The molecule has 1 N–H and O–H groups in total. The summed E-state index contributed by atoms with van der Waals surface area (Å²) >= 11 is 6.12. The number of H-pyrrole nitrogens is 1. The highest BCUT2D eigenvalue weighted by atomic mass is 35.5. The average Bonchev–Trinajstić information content (AvgIpc) is 3.69. The van der Waals surface area contributed by atoms with E-state index in [0.29, 0.717) is 34.5 Å². The van der Waals surface area contributed by atoms with Crippen molar-refractivity contribution < 1.29 is 13.5 Å². The highest BCUT2D eigenvalue weighted by Gasteiger charge is 2.22. The van der Waals surface area contributed by atoms with E-state index in [4.69, 9.17) is 11.6 Å². The van der Waals surface area contributed by atoms with Crippen LogP contribution in [0.25, 0.3) is 27.9 Å². The number of hydrogen-bond donors (Lipinski definition) is 1. The van der Waals surface area contributed by atoms with E-state index in [9.17, 15) is 9.18 Å². The molecule has 0 fully saturated rings. The molecule has 204 valence electrons. The van der Waals surface area contributed by atoms with Crippen molar-refractivity contribution in [2.24, 2.45) is 7.05 Å². The number of rotatable bonds is 7. The van der Waals surface area contributed by atoms with Crippen molar-refractivity contribution in [3.8, 4) is 27.9 Å². The predicted octanol–water partition coefficient (Wildman–Crippen LogP) is 3.86. The summed E-state index contributed by atoms with van der Waals surface area (Å²) in [4.78, 5) is 16.8. The molecular formula is C28H21ClF2N9O+. The Bertz CT molecular complexity index is 1890. The van der Waals surface area contributed by atoms with E-state index in [2.05, 4.69) is 30.7 Å². The zero-order chi connectivity index (χ0) is 28.5. The zero-order valence-corrected chi connectivity index (χ0v) is 22.2. The molecule has 0 aliphatic rings. The fourth-order valence-corrected chi connectivity index (χ4v) is 4.68. The van der Waals surface area contributed by atoms with Crippen molar-refractivity contribution >= 4 is 11.6 Å². The van der Waals surface area contributed by atoms with Gasteiger partial charge in [-0.1, -0.05) is 35.0 Å². The third-order valence-electron chi connectivity index (χ3n) is 6.69. The summed E-state index contributed by atoms with van der Waals surface area (Å²) in [6, 6.07) is 13.9. The molecule has 41 heavy (non-hydrogen) atoms. The molecule has 1 atom stereocenters. The Morgan fingerprint density at radius 3 is 2.49 bits per heavy atom. The van der Waals surface area contributed by atoms with Crippen LogP contribution in [-0.2, 0) is 13.5 Å². The number of aromatic nitrogens is 9. The Morgan fingerprint density at radius 1 is 0.976 bits per heavy atom. The molecule has 4 aromatic heterocycles. The van der Waals surface area contributed by atoms with Crippen molar-refractivity contribution in [1.29, 1.82) is 0 Å². The summed E-state index contributed by atoms with van der Waals surface area (Å²) in [7, 11) is 1.58. The Hall–Kier alpha value is -5.10. The molecule has 2 aromatic carbocycles. The summed E-state index contributed by atoms with van der Waals surface area (Å²) < 4.78 is 33.4. The highest BCUT2D eigenvalue weighted by molar-refractivity contribution is 6.31. The highest BCUT2D eigenvalue weighted by Crippen LogP contribution is 2.32. The monoisotopic (exact) mass is 572 g/mol. The van der Waals surface area contributed by atoms with Crippen molar-refractivity contribution in [2.75, 3.05) is 0 Å². The van der Waals surface area contributed by atoms with Gasteiger partial charge in [0.05, 0.1) is 34.7 Å². The molecule has 0 aliphatic heterocycles. The average molecular weight is 573 g/mol. The molecule has 1 unspecified atom stereocenters. The van der Waals surface area contributed by atoms with Gasteiger partial charge in [0.15, 0.2) is 11.0 Å². The normalized spacial score (nSPS) is 12.0. The minimum absolute atomic E-state index is 0.0376. The SMILES string of the molecule is Cn1ncc(-c2cnn(C(Cc3ccc(F)cc3)c3ccc(-c4c(-[n+]5cnn[nH]5)ccc(Cl)c4F)cn3)c2)cc1=O. The van der Waals surface area contributed by atoms with E-state index in [1.165, 1.54) is 40.0 Å². The largest absolute Gasteiger partial charge is 0.293 e. The maximum Gasteiger partial charge on any atom is 0.293 e. The lowest BCUT2D eigenvalue weighted by Crippen LogP contribution is -2.33. The molecule has 6 aromatic rings. The summed E-state index contributed by atoms with van der Waals surface area (Å²) in [5.41, 5.74) is 3.74. The molecule has 0 saturated carbocycles. The van der Waals surface area contributed by atoms with Gasteiger partial charge in [-0.05, 0) is 35.9 Å². The Kier molecular flexibility index (Phi) is 6.89. The summed E-state index contributed by atoms with van der Waals surface area (Å²) in [5, 5.41) is 18.7. The van der Waals surface area contributed by atoms with Gasteiger partial charge in [-0.2, -0.15) is 10.2 Å². The van der Waals surface area contributed by atoms with E-state index in [0.717, 1.165) is 5.56 Å². The predicted molar refractivity (Wildman–Crippen MR) is 145 cm³/mol. The minimum atomic E-state index is -0.608. The number of aromatic amines is 1. The third-order valence-corrected chi connectivity index (χ3v) is 6.98. The second-order valence-corrected chi connectivity index (χ2v) is 9.70. The molecule has 0 bridgehead atoms. The van der Waals surface area contributed by atoms with E-state index >= 15 is 4.39 Å². The number of tetrazole rings is 1. The first-order valence-electron chi connectivity index (χ1n) is 12.4. The first kappa shape index (κ1) is 26.1. The number of hydrogen-bond acceptors (Lipinski definition) is 6. The number of nitrogens with one attached hydrogen (secondary N) is 1. The van der Waals surface area contributed by atoms with Crippen LogP contribution >= 0.6 is 11.6 Å². The third kappa shape index (κ3) is 5.24. The summed E-state index contributed by atoms with van der Waals surface area (Å²) in [6.45, 7) is 0. The number of aryl methyl sites for hydroxylation is 1. The van der Waals surface area contributed by atoms with E-state index in [1.54, 1.807) is 66.8 Å². The van der Waals surface area contributed by atoms with Crippen LogP contribution in [0.1, 0.15) is 17.3 Å². The quantitative estimate of drug-likeness (QED) is 0.291. The molecule has 0 spiro atoms. The van der Waals surface area contributed by atoms with Gasteiger partial charge in [-0.15, -0.1) is 4.68 Å².